The highest BCUT2D eigenvalue weighted by Gasteiger charge is 2.11. The molecule has 0 amide bonds. The van der Waals surface area contributed by atoms with Gasteiger partial charge in [-0.2, -0.15) is 4.51 Å². The van der Waals surface area contributed by atoms with Crippen LogP contribution in [0.5, 0.6) is 0 Å². The molecule has 11 heavy (non-hydrogen) atoms. The number of nitrogens with zero attached hydrogens (tertiary/aromatic N) is 1. The van der Waals surface area contributed by atoms with Crippen molar-refractivity contribution in [3.8, 4) is 0 Å². The van der Waals surface area contributed by atoms with E-state index in [9.17, 15) is 4.79 Å². The van der Waals surface area contributed by atoms with Crippen LogP contribution in [-0.2, 0) is 4.79 Å². The molecule has 3 heteroatoms. The molecule has 1 rings (SSSR count). The average molecular weight is 170 g/mol. The first-order chi connectivity index (χ1) is 5.15. The van der Waals surface area contributed by atoms with Crippen molar-refractivity contribution in [1.82, 2.24) is 0 Å². The van der Waals surface area contributed by atoms with Crippen molar-refractivity contribution in [2.75, 3.05) is 0 Å². The predicted molar refractivity (Wildman–Crippen MR) is 45.8 cm³/mol. The molecule has 0 N–H and O–H groups in total. The zero-order chi connectivity index (χ0) is 8.43. The second-order valence-electron chi connectivity index (χ2n) is 2.49. The zero-order valence-corrected chi connectivity index (χ0v) is 7.14. The van der Waals surface area contributed by atoms with Crippen molar-refractivity contribution in [2.45, 2.75) is 13.8 Å². The fraction of sp³-hybridized carbons (Fsp3) is 0.250. The molecule has 0 saturated carbocycles. The number of ketones is 1. The van der Waals surface area contributed by atoms with Gasteiger partial charge in [-0.25, -0.2) is 0 Å². The number of hydrogen-bond acceptors (Lipinski definition) is 2. The van der Waals surface area contributed by atoms with Gasteiger partial charge in [0.1, 0.15) is 0 Å². The third kappa shape index (κ3) is 1.57. The molecular weight excluding hydrogens is 162 g/mol. The number of halogens is 1. The highest BCUT2D eigenvalue weighted by molar-refractivity contribution is 6.29. The number of hydrogen-bond donors (Lipinski definition) is 0. The molecule has 0 saturated heterocycles. The number of carbonyl (C=O) groups is 1. The molecular formula is C8H8ClNO. The van der Waals surface area contributed by atoms with Crippen molar-refractivity contribution in [3.63, 3.8) is 0 Å². The number of rotatable bonds is 0. The van der Waals surface area contributed by atoms with Crippen molar-refractivity contribution >= 4 is 23.3 Å². The Morgan fingerprint density at radius 2 is 1.91 bits per heavy atom. The van der Waals surface area contributed by atoms with Crippen LogP contribution in [0.1, 0.15) is 13.8 Å². The Morgan fingerprint density at radius 1 is 1.27 bits per heavy atom. The highest BCUT2D eigenvalue weighted by Crippen LogP contribution is 2.12. The monoisotopic (exact) mass is 169 g/mol. The van der Waals surface area contributed by atoms with Crippen LogP contribution in [0.15, 0.2) is 27.8 Å². The SMILES string of the molecule is CC1=CC(=NCl)C(C)=CC1=O. The molecule has 1 aliphatic rings. The van der Waals surface area contributed by atoms with Crippen molar-refractivity contribution in [3.05, 3.63) is 23.3 Å². The van der Waals surface area contributed by atoms with Crippen LogP contribution < -0.4 is 0 Å². The largest absolute Gasteiger partial charge is 0.290 e. The second kappa shape index (κ2) is 3.01. The summed E-state index contributed by atoms with van der Waals surface area (Å²) in [6.07, 6.45) is 3.22. The fourth-order valence-electron chi connectivity index (χ4n) is 0.866. The van der Waals surface area contributed by atoms with E-state index in [-0.39, 0.29) is 5.78 Å². The fourth-order valence-corrected chi connectivity index (χ4v) is 1.05. The van der Waals surface area contributed by atoms with E-state index in [0.717, 1.165) is 5.57 Å². The summed E-state index contributed by atoms with van der Waals surface area (Å²) < 4.78 is 3.51. The highest BCUT2D eigenvalue weighted by atomic mass is 35.5. The van der Waals surface area contributed by atoms with Gasteiger partial charge in [-0.1, -0.05) is 0 Å². The maximum absolute atomic E-state index is 11.0. The Kier molecular flexibility index (Phi) is 2.25. The van der Waals surface area contributed by atoms with Gasteiger partial charge in [0, 0.05) is 11.8 Å². The molecule has 0 bridgehead atoms. The lowest BCUT2D eigenvalue weighted by Crippen LogP contribution is -2.09. The van der Waals surface area contributed by atoms with Crippen molar-refractivity contribution in [2.24, 2.45) is 4.51 Å². The van der Waals surface area contributed by atoms with E-state index in [4.69, 9.17) is 11.8 Å². The van der Waals surface area contributed by atoms with Crippen LogP contribution in [0.25, 0.3) is 0 Å². The van der Waals surface area contributed by atoms with Crippen LogP contribution in [-0.4, -0.2) is 11.5 Å². The third-order valence-corrected chi connectivity index (χ3v) is 1.77. The number of allylic oxidation sites excluding steroid dienone is 4. The van der Waals surface area contributed by atoms with Crippen LogP contribution in [0.2, 0.25) is 0 Å². The minimum absolute atomic E-state index is 0.0339. The first kappa shape index (κ1) is 8.21. The molecule has 0 aromatic heterocycles. The molecule has 58 valence electrons. The molecule has 0 spiro atoms. The topological polar surface area (TPSA) is 29.4 Å². The summed E-state index contributed by atoms with van der Waals surface area (Å²) in [7, 11) is 0. The van der Waals surface area contributed by atoms with Crippen LogP contribution in [0.4, 0.5) is 0 Å². The predicted octanol–water partition coefficient (Wildman–Crippen LogP) is 2.06. The van der Waals surface area contributed by atoms with Gasteiger partial charge in [0.2, 0.25) is 0 Å². The van der Waals surface area contributed by atoms with Gasteiger partial charge in [0.25, 0.3) is 0 Å². The van der Waals surface area contributed by atoms with Gasteiger partial charge in [0.15, 0.2) is 5.78 Å². The van der Waals surface area contributed by atoms with Crippen LogP contribution >= 0.6 is 11.8 Å². The molecule has 1 aliphatic carbocycles. The molecule has 2 nitrogen and oxygen atoms in total. The lowest BCUT2D eigenvalue weighted by molar-refractivity contribution is -0.111. The van der Waals surface area contributed by atoms with Gasteiger partial charge in [-0.3, -0.25) is 4.79 Å². The summed E-state index contributed by atoms with van der Waals surface area (Å²) in [5.74, 6) is 0.0339. The van der Waals surface area contributed by atoms with Crippen molar-refractivity contribution < 1.29 is 4.79 Å². The summed E-state index contributed by atoms with van der Waals surface area (Å²) in [5.41, 5.74) is 2.16. The van der Waals surface area contributed by atoms with E-state index in [1.165, 1.54) is 6.08 Å². The molecule has 0 atom stereocenters. The lowest BCUT2D eigenvalue weighted by atomic mass is 9.99. The molecule has 0 fully saturated rings. The van der Waals surface area contributed by atoms with Gasteiger partial charge < -0.3 is 0 Å². The van der Waals surface area contributed by atoms with E-state index in [0.29, 0.717) is 11.3 Å². The van der Waals surface area contributed by atoms with Crippen LogP contribution in [0, 0.1) is 0 Å². The quantitative estimate of drug-likeness (QED) is 0.511. The first-order valence-corrected chi connectivity index (χ1v) is 3.59. The minimum Gasteiger partial charge on any atom is -0.290 e. The van der Waals surface area contributed by atoms with Crippen molar-refractivity contribution in [1.29, 1.82) is 0 Å². The summed E-state index contributed by atoms with van der Waals surface area (Å²) in [6, 6.07) is 0. The molecule has 0 aliphatic heterocycles. The Hall–Kier alpha value is -0.890. The Morgan fingerprint density at radius 3 is 2.45 bits per heavy atom. The molecule has 0 unspecified atom stereocenters. The van der Waals surface area contributed by atoms with Crippen LogP contribution in [0.3, 0.4) is 0 Å². The average Bonchev–Trinajstić information content (AvgIpc) is 1.97. The summed E-state index contributed by atoms with van der Waals surface area (Å²) >= 11 is 5.28. The molecule has 0 radical (unpaired) electrons. The Bertz CT molecular complexity index is 286. The third-order valence-electron chi connectivity index (χ3n) is 1.58. The van der Waals surface area contributed by atoms with Gasteiger partial charge in [-0.05, 0) is 37.1 Å². The number of carbonyl (C=O) groups excluding carboxylic acids is 1. The summed E-state index contributed by atoms with van der Waals surface area (Å²) in [5, 5.41) is 0. The molecule has 0 aromatic rings. The van der Waals surface area contributed by atoms with E-state index in [1.54, 1.807) is 13.0 Å². The zero-order valence-electron chi connectivity index (χ0n) is 6.39. The van der Waals surface area contributed by atoms with E-state index >= 15 is 0 Å². The second-order valence-corrected chi connectivity index (χ2v) is 2.66. The Balaban J connectivity index is 3.08. The van der Waals surface area contributed by atoms with E-state index in [1.807, 2.05) is 6.92 Å². The summed E-state index contributed by atoms with van der Waals surface area (Å²) in [6.45, 7) is 3.55. The minimum atomic E-state index is 0.0339. The molecule has 0 aromatic carbocycles. The van der Waals surface area contributed by atoms with Gasteiger partial charge >= 0.3 is 0 Å². The van der Waals surface area contributed by atoms with E-state index < -0.39 is 0 Å². The van der Waals surface area contributed by atoms with E-state index in [2.05, 4.69) is 4.51 Å². The lowest BCUT2D eigenvalue weighted by Gasteiger charge is -2.06. The molecule has 0 heterocycles. The standard InChI is InChI=1S/C8H8ClNO/c1-5-4-8(11)6(2)3-7(5)10-9/h3-4H,1-2H3. The van der Waals surface area contributed by atoms with Gasteiger partial charge in [-0.15, -0.1) is 0 Å². The summed E-state index contributed by atoms with van der Waals surface area (Å²) in [4.78, 5) is 11.0. The van der Waals surface area contributed by atoms with Gasteiger partial charge in [0.05, 0.1) is 5.71 Å². The normalized spacial score (nSPS) is 21.7. The first-order valence-electron chi connectivity index (χ1n) is 3.25. The Labute approximate surface area is 70.4 Å². The maximum Gasteiger partial charge on any atom is 0.181 e. The smallest absolute Gasteiger partial charge is 0.181 e. The maximum atomic E-state index is 11.0.